The summed E-state index contributed by atoms with van der Waals surface area (Å²) in [5.41, 5.74) is 9.24. The van der Waals surface area contributed by atoms with Crippen LogP contribution in [0.1, 0.15) is 84.6 Å². The summed E-state index contributed by atoms with van der Waals surface area (Å²) in [4.78, 5) is 38.6. The molecule has 13 heteroatoms. The van der Waals surface area contributed by atoms with E-state index in [1.54, 1.807) is 40.5 Å². The van der Waals surface area contributed by atoms with Gasteiger partial charge in [0.1, 0.15) is 17.3 Å². The molecule has 264 valence electrons. The largest absolute Gasteiger partial charge is 0.497 e. The van der Waals surface area contributed by atoms with E-state index in [0.717, 1.165) is 49.4 Å². The van der Waals surface area contributed by atoms with Crippen molar-refractivity contribution in [2.24, 2.45) is 5.73 Å². The van der Waals surface area contributed by atoms with Crippen LogP contribution in [0.4, 0.5) is 0 Å². The first-order chi connectivity index (χ1) is 22.6. The Balaban J connectivity index is 0.000000273. The van der Waals surface area contributed by atoms with Gasteiger partial charge in [-0.15, -0.1) is 12.4 Å². The van der Waals surface area contributed by atoms with Crippen molar-refractivity contribution in [3.05, 3.63) is 107 Å². The fourth-order valence-electron chi connectivity index (χ4n) is 4.73. The Morgan fingerprint density at radius 3 is 1.63 bits per heavy atom. The zero-order chi connectivity index (χ0) is 33.9. The molecule has 2 aromatic carbocycles. The smallest absolute Gasteiger partial charge is 0.341 e. The number of carbonyl (C=O) groups excluding carboxylic acids is 2. The van der Waals surface area contributed by atoms with Crippen molar-refractivity contribution in [3.8, 4) is 11.5 Å². The summed E-state index contributed by atoms with van der Waals surface area (Å²) >= 11 is 5.42. The van der Waals surface area contributed by atoms with Gasteiger partial charge in [-0.25, -0.2) is 29.5 Å². The van der Waals surface area contributed by atoms with Gasteiger partial charge in [0, 0.05) is 42.2 Å². The number of ether oxygens (including phenoxy) is 4. The van der Waals surface area contributed by atoms with Crippen LogP contribution in [0, 0.1) is 0 Å². The van der Waals surface area contributed by atoms with Gasteiger partial charge in [0.25, 0.3) is 0 Å². The highest BCUT2D eigenvalue weighted by molar-refractivity contribution is 6.28. The van der Waals surface area contributed by atoms with Gasteiger partial charge in [0.2, 0.25) is 5.28 Å². The Bertz CT molecular complexity index is 1630. The molecule has 0 atom stereocenters. The quantitative estimate of drug-likeness (QED) is 0.134. The lowest BCUT2D eigenvalue weighted by Gasteiger charge is -2.15. The Labute approximate surface area is 299 Å². The molecule has 2 fully saturated rings. The summed E-state index contributed by atoms with van der Waals surface area (Å²) < 4.78 is 20.1. The summed E-state index contributed by atoms with van der Waals surface area (Å²) in [5, 5.41) is 0.114. The lowest BCUT2D eigenvalue weighted by Crippen LogP contribution is -2.18. The van der Waals surface area contributed by atoms with Crippen molar-refractivity contribution in [1.82, 2.24) is 19.9 Å². The van der Waals surface area contributed by atoms with Gasteiger partial charge < -0.3 is 24.7 Å². The molecule has 0 amide bonds. The van der Waals surface area contributed by atoms with E-state index in [1.807, 2.05) is 30.3 Å². The van der Waals surface area contributed by atoms with E-state index >= 15 is 0 Å². The molecule has 2 aliphatic rings. The predicted octanol–water partition coefficient (Wildman–Crippen LogP) is 6.94. The maximum atomic E-state index is 11.6. The lowest BCUT2D eigenvalue weighted by atomic mass is 9.92. The molecule has 0 saturated heterocycles. The molecule has 2 saturated carbocycles. The standard InChI is InChI=1S/C18H20N2O3.C10H13NO.C7H7ClN2O2.CH4.ClH/c1-3-23-17(21)13-11-19-16(20-12-13)10-18(7-8-18)14-5-4-6-15(9-14)22-2;1-12-9-4-2-3-8(7-9)10(11)5-6-10;1-2-12-6(11)5-3-9-7(8)10-4-5;;/h4-6,9,11-12H,3,7-8,10H2,1-2H3;2-4,7H,5-6,11H2,1H3;3-4H,2H2,1H3;1H4;1H. The van der Waals surface area contributed by atoms with E-state index in [-0.39, 0.29) is 42.0 Å². The minimum absolute atomic E-state index is 0. The molecule has 49 heavy (non-hydrogen) atoms. The number of hydrogen-bond acceptors (Lipinski definition) is 11. The van der Waals surface area contributed by atoms with Crippen molar-refractivity contribution in [3.63, 3.8) is 0 Å². The van der Waals surface area contributed by atoms with Crippen LogP contribution in [0.2, 0.25) is 5.28 Å². The number of nitrogens with zero attached hydrogens (tertiary/aromatic N) is 4. The SMILES string of the molecule is C.CCOC(=O)c1cnc(CC2(c3cccc(OC)c3)CC2)nc1.CCOC(=O)c1cnc(Cl)nc1.COc1cccc(C2(N)CC2)c1.Cl. The second kappa shape index (κ2) is 19.0. The normalized spacial score (nSPS) is 14.0. The Morgan fingerprint density at radius 1 is 0.755 bits per heavy atom. The zero-order valence-corrected chi connectivity index (χ0v) is 29.1. The third kappa shape index (κ3) is 11.7. The summed E-state index contributed by atoms with van der Waals surface area (Å²) in [6.45, 7) is 4.19. The third-order valence-electron chi connectivity index (χ3n) is 7.81. The van der Waals surface area contributed by atoms with Crippen LogP contribution >= 0.6 is 24.0 Å². The molecule has 0 bridgehead atoms. The van der Waals surface area contributed by atoms with Crippen LogP contribution in [0.3, 0.4) is 0 Å². The number of nitrogens with two attached hydrogens (primary N) is 1. The molecular weight excluding hydrogens is 669 g/mol. The van der Waals surface area contributed by atoms with E-state index in [9.17, 15) is 9.59 Å². The second-order valence-electron chi connectivity index (χ2n) is 11.1. The van der Waals surface area contributed by atoms with Crippen molar-refractivity contribution in [2.75, 3.05) is 27.4 Å². The molecule has 11 nitrogen and oxygen atoms in total. The summed E-state index contributed by atoms with van der Waals surface area (Å²) in [7, 11) is 3.35. The van der Waals surface area contributed by atoms with Crippen molar-refractivity contribution in [1.29, 1.82) is 0 Å². The molecule has 0 radical (unpaired) electrons. The van der Waals surface area contributed by atoms with Gasteiger partial charge in [0.05, 0.1) is 38.6 Å². The van der Waals surface area contributed by atoms with Gasteiger partial charge in [-0.1, -0.05) is 31.7 Å². The van der Waals surface area contributed by atoms with E-state index in [0.29, 0.717) is 24.3 Å². The maximum absolute atomic E-state index is 11.6. The fraction of sp³-hybridized carbons (Fsp3) is 0.389. The lowest BCUT2D eigenvalue weighted by molar-refractivity contribution is 0.0515. The number of esters is 2. The Kier molecular flexibility index (Phi) is 15.9. The number of aromatic nitrogens is 4. The van der Waals surface area contributed by atoms with Gasteiger partial charge in [-0.2, -0.15) is 0 Å². The first kappa shape index (κ1) is 40.9. The number of rotatable bonds is 10. The third-order valence-corrected chi connectivity index (χ3v) is 8.01. The summed E-state index contributed by atoms with van der Waals surface area (Å²) in [6.07, 6.45) is 10.9. The van der Waals surface area contributed by atoms with E-state index in [4.69, 9.17) is 36.3 Å². The second-order valence-corrected chi connectivity index (χ2v) is 11.5. The predicted molar refractivity (Wildman–Crippen MR) is 191 cm³/mol. The number of carbonyl (C=O) groups is 2. The van der Waals surface area contributed by atoms with Gasteiger partial charge >= 0.3 is 11.9 Å². The van der Waals surface area contributed by atoms with E-state index < -0.39 is 5.97 Å². The Hall–Kier alpha value is -4.32. The van der Waals surface area contributed by atoms with Crippen LogP contribution in [0.5, 0.6) is 11.5 Å². The highest BCUT2D eigenvalue weighted by atomic mass is 35.5. The van der Waals surface area contributed by atoms with Crippen molar-refractivity contribution < 1.29 is 28.5 Å². The molecule has 2 N–H and O–H groups in total. The minimum Gasteiger partial charge on any atom is -0.497 e. The van der Waals surface area contributed by atoms with Gasteiger partial charge in [-0.3, -0.25) is 0 Å². The minimum atomic E-state index is -0.436. The van der Waals surface area contributed by atoms with Gasteiger partial charge in [-0.05, 0) is 86.5 Å². The van der Waals surface area contributed by atoms with Crippen LogP contribution in [-0.2, 0) is 26.8 Å². The first-order valence-electron chi connectivity index (χ1n) is 15.4. The van der Waals surface area contributed by atoms with E-state index in [2.05, 4.69) is 38.1 Å². The molecule has 0 aliphatic heterocycles. The first-order valence-corrected chi connectivity index (χ1v) is 15.7. The maximum Gasteiger partial charge on any atom is 0.341 e. The zero-order valence-electron chi connectivity index (χ0n) is 27.5. The molecular formula is C36H45Cl2N5O6. The van der Waals surface area contributed by atoms with Crippen LogP contribution in [-0.4, -0.2) is 59.3 Å². The highest BCUT2D eigenvalue weighted by Gasteiger charge is 2.45. The van der Waals surface area contributed by atoms with Crippen molar-refractivity contribution in [2.45, 2.75) is 64.3 Å². The average Bonchev–Trinajstić information content (AvgIpc) is 4.04. The molecule has 4 aromatic rings. The fourth-order valence-corrected chi connectivity index (χ4v) is 4.83. The molecule has 0 spiro atoms. The molecule has 2 aliphatic carbocycles. The summed E-state index contributed by atoms with van der Waals surface area (Å²) in [5.74, 6) is 1.69. The highest BCUT2D eigenvalue weighted by Crippen LogP contribution is 2.50. The average molecular weight is 715 g/mol. The van der Waals surface area contributed by atoms with Crippen LogP contribution < -0.4 is 15.2 Å². The summed E-state index contributed by atoms with van der Waals surface area (Å²) in [6, 6.07) is 16.2. The topological polar surface area (TPSA) is 149 Å². The van der Waals surface area contributed by atoms with Crippen LogP contribution in [0.25, 0.3) is 0 Å². The monoisotopic (exact) mass is 713 g/mol. The van der Waals surface area contributed by atoms with E-state index in [1.165, 1.54) is 23.5 Å². The number of halogens is 2. The number of methoxy groups -OCH3 is 2. The number of benzene rings is 2. The molecule has 2 aromatic heterocycles. The molecule has 2 heterocycles. The van der Waals surface area contributed by atoms with Crippen LogP contribution in [0.15, 0.2) is 73.3 Å². The van der Waals surface area contributed by atoms with Gasteiger partial charge in [0.15, 0.2) is 0 Å². The number of hydrogen-bond donors (Lipinski definition) is 1. The molecule has 0 unspecified atom stereocenters. The van der Waals surface area contributed by atoms with Crippen molar-refractivity contribution >= 4 is 35.9 Å². The molecule has 6 rings (SSSR count). The Morgan fingerprint density at radius 2 is 1.20 bits per heavy atom.